The number of halogens is 3. The van der Waals surface area contributed by atoms with Gasteiger partial charge in [-0.3, -0.25) is 4.79 Å². The zero-order valence-corrected chi connectivity index (χ0v) is 19.8. The molecule has 32 heavy (non-hydrogen) atoms. The number of amides is 1. The number of para-hydroxylation sites is 2. The molecule has 0 radical (unpaired) electrons. The molecule has 1 amide bonds. The van der Waals surface area contributed by atoms with Gasteiger partial charge in [-0.15, -0.1) is 0 Å². The van der Waals surface area contributed by atoms with E-state index in [-0.39, 0.29) is 17.2 Å². The SMILES string of the molecule is O=C(CSc1nc2ccccc2n1Cc1ccccc1Cl)N/N=C/c1cc(Br)ccc1F. The smallest absolute Gasteiger partial charge is 0.250 e. The van der Waals surface area contributed by atoms with Crippen molar-refractivity contribution in [1.82, 2.24) is 15.0 Å². The van der Waals surface area contributed by atoms with Gasteiger partial charge in [0.25, 0.3) is 5.91 Å². The lowest BCUT2D eigenvalue weighted by molar-refractivity contribution is -0.118. The molecule has 4 rings (SSSR count). The van der Waals surface area contributed by atoms with E-state index in [2.05, 4.69) is 31.4 Å². The summed E-state index contributed by atoms with van der Waals surface area (Å²) in [6, 6.07) is 19.9. The fourth-order valence-electron chi connectivity index (χ4n) is 3.06. The molecule has 0 aliphatic carbocycles. The zero-order chi connectivity index (χ0) is 22.5. The van der Waals surface area contributed by atoms with Crippen LogP contribution in [0.1, 0.15) is 11.1 Å². The van der Waals surface area contributed by atoms with Crippen LogP contribution in [0.4, 0.5) is 4.39 Å². The number of nitrogens with zero attached hydrogens (tertiary/aromatic N) is 3. The number of fused-ring (bicyclic) bond motifs is 1. The Morgan fingerprint density at radius 3 is 2.81 bits per heavy atom. The number of rotatable bonds is 7. The number of thioether (sulfide) groups is 1. The van der Waals surface area contributed by atoms with Crippen LogP contribution in [0.5, 0.6) is 0 Å². The quantitative estimate of drug-likeness (QED) is 0.184. The van der Waals surface area contributed by atoms with Gasteiger partial charge < -0.3 is 4.57 Å². The molecule has 0 saturated carbocycles. The van der Waals surface area contributed by atoms with E-state index in [4.69, 9.17) is 11.6 Å². The molecule has 0 spiro atoms. The van der Waals surface area contributed by atoms with Crippen LogP contribution in [0.25, 0.3) is 11.0 Å². The van der Waals surface area contributed by atoms with Gasteiger partial charge in [0, 0.05) is 15.1 Å². The lowest BCUT2D eigenvalue weighted by atomic mass is 10.2. The van der Waals surface area contributed by atoms with E-state index in [9.17, 15) is 9.18 Å². The van der Waals surface area contributed by atoms with Gasteiger partial charge in [-0.2, -0.15) is 5.10 Å². The highest BCUT2D eigenvalue weighted by Crippen LogP contribution is 2.27. The Morgan fingerprint density at radius 2 is 1.97 bits per heavy atom. The van der Waals surface area contributed by atoms with Crippen LogP contribution >= 0.6 is 39.3 Å². The molecule has 0 bridgehead atoms. The van der Waals surface area contributed by atoms with Crippen LogP contribution < -0.4 is 5.43 Å². The highest BCUT2D eigenvalue weighted by atomic mass is 79.9. The van der Waals surface area contributed by atoms with Gasteiger partial charge in [0.1, 0.15) is 5.82 Å². The summed E-state index contributed by atoms with van der Waals surface area (Å²) in [5, 5.41) is 5.23. The predicted molar refractivity (Wildman–Crippen MR) is 131 cm³/mol. The lowest BCUT2D eigenvalue weighted by Crippen LogP contribution is -2.20. The first-order chi connectivity index (χ1) is 15.5. The Morgan fingerprint density at radius 1 is 1.19 bits per heavy atom. The number of hydrazone groups is 1. The standard InChI is InChI=1S/C23H17BrClFN4OS/c24-17-9-10-19(26)16(11-17)12-27-29-22(31)14-32-23-28-20-7-3-4-8-21(20)30(23)13-15-5-1-2-6-18(15)25/h1-12H,13-14H2,(H,29,31)/b27-12+. The highest BCUT2D eigenvalue weighted by Gasteiger charge is 2.14. The summed E-state index contributed by atoms with van der Waals surface area (Å²) < 4.78 is 16.5. The minimum atomic E-state index is -0.422. The topological polar surface area (TPSA) is 59.3 Å². The van der Waals surface area contributed by atoms with E-state index in [0.717, 1.165) is 21.1 Å². The van der Waals surface area contributed by atoms with Crippen LogP contribution in [-0.4, -0.2) is 27.4 Å². The zero-order valence-electron chi connectivity index (χ0n) is 16.6. The average Bonchev–Trinajstić information content (AvgIpc) is 3.13. The lowest BCUT2D eigenvalue weighted by Gasteiger charge is -2.10. The number of carbonyl (C=O) groups is 1. The Bertz CT molecular complexity index is 1310. The van der Waals surface area contributed by atoms with E-state index in [1.165, 1.54) is 24.0 Å². The van der Waals surface area contributed by atoms with Gasteiger partial charge in [0.05, 0.1) is 29.5 Å². The number of carbonyl (C=O) groups excluding carboxylic acids is 1. The number of hydrogen-bond donors (Lipinski definition) is 1. The first kappa shape index (κ1) is 22.5. The fraction of sp³-hybridized carbons (Fsp3) is 0.0870. The van der Waals surface area contributed by atoms with Gasteiger partial charge in [-0.1, -0.05) is 69.6 Å². The third-order valence-corrected chi connectivity index (χ3v) is 6.43. The summed E-state index contributed by atoms with van der Waals surface area (Å²) in [7, 11) is 0. The summed E-state index contributed by atoms with van der Waals surface area (Å²) in [4.78, 5) is 17.0. The first-order valence-corrected chi connectivity index (χ1v) is 11.8. The molecule has 1 N–H and O–H groups in total. The third kappa shape index (κ3) is 5.38. The van der Waals surface area contributed by atoms with Crippen molar-refractivity contribution in [2.75, 3.05) is 5.75 Å². The Kier molecular flexibility index (Phi) is 7.24. The van der Waals surface area contributed by atoms with Gasteiger partial charge in [0.2, 0.25) is 0 Å². The van der Waals surface area contributed by atoms with Gasteiger partial charge in [0.15, 0.2) is 5.16 Å². The molecule has 162 valence electrons. The minimum Gasteiger partial charge on any atom is -0.314 e. The normalized spacial score (nSPS) is 11.3. The van der Waals surface area contributed by atoms with Crippen LogP contribution in [0.2, 0.25) is 5.02 Å². The van der Waals surface area contributed by atoms with E-state index in [0.29, 0.717) is 16.7 Å². The monoisotopic (exact) mass is 530 g/mol. The fourth-order valence-corrected chi connectivity index (χ4v) is 4.44. The molecule has 4 aromatic rings. The molecule has 1 aromatic heterocycles. The second kappa shape index (κ2) is 10.3. The molecule has 9 heteroatoms. The van der Waals surface area contributed by atoms with Crippen molar-refractivity contribution in [3.63, 3.8) is 0 Å². The molecule has 0 aliphatic heterocycles. The van der Waals surface area contributed by atoms with E-state index in [1.54, 1.807) is 12.1 Å². The van der Waals surface area contributed by atoms with Crippen molar-refractivity contribution in [3.05, 3.63) is 93.2 Å². The molecule has 0 atom stereocenters. The van der Waals surface area contributed by atoms with Crippen molar-refractivity contribution in [3.8, 4) is 0 Å². The van der Waals surface area contributed by atoms with E-state index >= 15 is 0 Å². The molecule has 0 aliphatic rings. The summed E-state index contributed by atoms with van der Waals surface area (Å²) in [6.45, 7) is 0.532. The maximum Gasteiger partial charge on any atom is 0.250 e. The Hall–Kier alpha value is -2.68. The first-order valence-electron chi connectivity index (χ1n) is 9.59. The average molecular weight is 532 g/mol. The number of aromatic nitrogens is 2. The molecule has 0 fully saturated rings. The maximum atomic E-state index is 13.8. The minimum absolute atomic E-state index is 0.101. The predicted octanol–water partition coefficient (Wildman–Crippen LogP) is 5.88. The van der Waals surface area contributed by atoms with E-state index < -0.39 is 5.82 Å². The third-order valence-electron chi connectivity index (χ3n) is 4.59. The molecule has 0 saturated heterocycles. The largest absolute Gasteiger partial charge is 0.314 e. The summed E-state index contributed by atoms with van der Waals surface area (Å²) in [5.74, 6) is -0.642. The number of benzene rings is 3. The van der Waals surface area contributed by atoms with Crippen molar-refractivity contribution in [2.45, 2.75) is 11.7 Å². The van der Waals surface area contributed by atoms with Crippen LogP contribution in [0.15, 0.2) is 81.5 Å². The summed E-state index contributed by atoms with van der Waals surface area (Å²) in [5.41, 5.74) is 5.46. The summed E-state index contributed by atoms with van der Waals surface area (Å²) >= 11 is 10.9. The van der Waals surface area contributed by atoms with Gasteiger partial charge in [-0.05, 0) is 42.0 Å². The Labute approximate surface area is 201 Å². The number of nitrogens with one attached hydrogen (secondary N) is 1. The van der Waals surface area contributed by atoms with Gasteiger partial charge >= 0.3 is 0 Å². The molecule has 5 nitrogen and oxygen atoms in total. The maximum absolute atomic E-state index is 13.8. The number of hydrogen-bond acceptors (Lipinski definition) is 4. The second-order valence-electron chi connectivity index (χ2n) is 6.81. The van der Waals surface area contributed by atoms with Gasteiger partial charge in [-0.25, -0.2) is 14.8 Å². The van der Waals surface area contributed by atoms with Crippen LogP contribution in [0, 0.1) is 5.82 Å². The van der Waals surface area contributed by atoms with E-state index in [1.807, 2.05) is 53.1 Å². The van der Waals surface area contributed by atoms with Crippen LogP contribution in [-0.2, 0) is 11.3 Å². The molecule has 3 aromatic carbocycles. The molecular formula is C23H17BrClFN4OS. The molecule has 0 unspecified atom stereocenters. The van der Waals surface area contributed by atoms with Crippen molar-refractivity contribution in [1.29, 1.82) is 0 Å². The molecule has 1 heterocycles. The summed E-state index contributed by atoms with van der Waals surface area (Å²) in [6.07, 6.45) is 1.27. The number of imidazole rings is 1. The Balaban J connectivity index is 1.47. The second-order valence-corrected chi connectivity index (χ2v) is 9.07. The highest BCUT2D eigenvalue weighted by molar-refractivity contribution is 9.10. The van der Waals surface area contributed by atoms with Crippen molar-refractivity contribution < 1.29 is 9.18 Å². The van der Waals surface area contributed by atoms with Crippen molar-refractivity contribution in [2.24, 2.45) is 5.10 Å². The van der Waals surface area contributed by atoms with Crippen molar-refractivity contribution >= 4 is 62.4 Å². The van der Waals surface area contributed by atoms with Crippen LogP contribution in [0.3, 0.4) is 0 Å². The molecular weight excluding hydrogens is 515 g/mol.